The zero-order valence-corrected chi connectivity index (χ0v) is 5.65. The van der Waals surface area contributed by atoms with Gasteiger partial charge in [0.05, 0.1) is 0 Å². The highest BCUT2D eigenvalue weighted by atomic mass is 15.6. The molecule has 0 amide bonds. The van der Waals surface area contributed by atoms with Crippen LogP contribution in [0.15, 0.2) is 20.7 Å². The van der Waals surface area contributed by atoms with Crippen molar-refractivity contribution in [1.29, 1.82) is 0 Å². The molecule has 9 heavy (non-hydrogen) atoms. The summed E-state index contributed by atoms with van der Waals surface area (Å²) in [6.45, 7) is 4.20. The molecule has 0 N–H and O–H groups in total. The van der Waals surface area contributed by atoms with Crippen molar-refractivity contribution < 1.29 is 0 Å². The van der Waals surface area contributed by atoms with E-state index < -0.39 is 0 Å². The third-order valence-electron chi connectivity index (χ3n) is 1.53. The number of nitrogens with zero attached hydrogens (tertiary/aromatic N) is 4. The van der Waals surface area contributed by atoms with Gasteiger partial charge in [-0.1, -0.05) is 13.8 Å². The van der Waals surface area contributed by atoms with Gasteiger partial charge in [-0.05, 0) is 16.9 Å². The molecule has 0 bridgehead atoms. The smallest absolute Gasteiger partial charge is 0.138 e. The summed E-state index contributed by atoms with van der Waals surface area (Å²) in [5, 5.41) is 14.4. The van der Waals surface area contributed by atoms with Gasteiger partial charge < -0.3 is 0 Å². The second kappa shape index (κ2) is 2.66. The first-order valence-corrected chi connectivity index (χ1v) is 3.14. The van der Waals surface area contributed by atoms with Gasteiger partial charge in [0.1, 0.15) is 0 Å². The topological polar surface area (TPSA) is 49.4 Å². The van der Waals surface area contributed by atoms with Crippen LogP contribution in [0.2, 0.25) is 0 Å². The molecule has 1 aliphatic heterocycles. The molecule has 4 nitrogen and oxygen atoms in total. The zero-order valence-electron chi connectivity index (χ0n) is 5.65. The molecule has 0 aromatic carbocycles. The summed E-state index contributed by atoms with van der Waals surface area (Å²) in [5.74, 6) is 0.472. The van der Waals surface area contributed by atoms with Crippen LogP contribution in [0, 0.1) is 5.92 Å². The fraction of sp³-hybridized carbons (Fsp3) is 1.00. The molecule has 0 saturated heterocycles. The molecule has 1 unspecified atom stereocenters. The van der Waals surface area contributed by atoms with Crippen LogP contribution in [0.5, 0.6) is 0 Å². The van der Waals surface area contributed by atoms with E-state index in [9.17, 15) is 0 Å². The Morgan fingerprint density at radius 3 is 2.33 bits per heavy atom. The van der Waals surface area contributed by atoms with Crippen LogP contribution in [-0.2, 0) is 0 Å². The lowest BCUT2D eigenvalue weighted by atomic mass is 10.1. The van der Waals surface area contributed by atoms with E-state index in [1.165, 1.54) is 0 Å². The third-order valence-corrected chi connectivity index (χ3v) is 1.53. The first-order valence-electron chi connectivity index (χ1n) is 3.14. The zero-order chi connectivity index (χ0) is 6.69. The first-order chi connectivity index (χ1) is 4.34. The highest BCUT2D eigenvalue weighted by Crippen LogP contribution is 2.16. The van der Waals surface area contributed by atoms with Gasteiger partial charge in [0.2, 0.25) is 0 Å². The molecule has 1 aliphatic rings. The summed E-state index contributed by atoms with van der Waals surface area (Å²) in [5.41, 5.74) is 0. The molecule has 0 saturated carbocycles. The Morgan fingerprint density at radius 2 is 1.89 bits per heavy atom. The quantitative estimate of drug-likeness (QED) is 0.544. The highest BCUT2D eigenvalue weighted by Gasteiger charge is 2.15. The Bertz CT molecular complexity index is 128. The Hall–Kier alpha value is -0.800. The summed E-state index contributed by atoms with van der Waals surface area (Å²) in [6.07, 6.45) is 1.07. The first kappa shape index (κ1) is 6.32. The summed E-state index contributed by atoms with van der Waals surface area (Å²) in [6, 6.07) is 0. The van der Waals surface area contributed by atoms with Crippen LogP contribution < -0.4 is 0 Å². The monoisotopic (exact) mass is 126 g/mol. The van der Waals surface area contributed by atoms with Crippen LogP contribution in [0.4, 0.5) is 0 Å². The van der Waals surface area contributed by atoms with Crippen molar-refractivity contribution in [3.8, 4) is 0 Å². The van der Waals surface area contributed by atoms with Gasteiger partial charge in [0.25, 0.3) is 0 Å². The van der Waals surface area contributed by atoms with E-state index in [1.807, 2.05) is 0 Å². The van der Waals surface area contributed by atoms with Gasteiger partial charge in [-0.2, -0.15) is 0 Å². The predicted octanol–water partition coefficient (Wildman–Crippen LogP) is 2.19. The molecule has 4 heteroatoms. The fourth-order valence-electron chi connectivity index (χ4n) is 0.614. The summed E-state index contributed by atoms with van der Waals surface area (Å²) in [7, 11) is 0. The lowest BCUT2D eigenvalue weighted by Gasteiger charge is -2.06. The molecule has 50 valence electrons. The lowest BCUT2D eigenvalue weighted by Crippen LogP contribution is -2.08. The molecule has 1 heterocycles. The molecule has 0 radical (unpaired) electrons. The maximum atomic E-state index is 3.80. The van der Waals surface area contributed by atoms with Gasteiger partial charge in [-0.15, -0.1) is 10.2 Å². The van der Waals surface area contributed by atoms with Crippen molar-refractivity contribution in [1.82, 2.24) is 0 Å². The molecule has 0 aromatic heterocycles. The van der Waals surface area contributed by atoms with Gasteiger partial charge in [-0.3, -0.25) is 0 Å². The fourth-order valence-corrected chi connectivity index (χ4v) is 0.614. The van der Waals surface area contributed by atoms with Gasteiger partial charge in [0, 0.05) is 5.92 Å². The Labute approximate surface area is 54.1 Å². The summed E-state index contributed by atoms with van der Waals surface area (Å²) in [4.78, 5) is 0. The molecular formula is C5H10N4. The van der Waals surface area contributed by atoms with Crippen molar-refractivity contribution in [3.05, 3.63) is 0 Å². The average Bonchev–Trinajstić information content (AvgIpc) is 2.37. The maximum Gasteiger partial charge on any atom is 0.187 e. The van der Waals surface area contributed by atoms with Crippen molar-refractivity contribution in [2.45, 2.75) is 26.4 Å². The summed E-state index contributed by atoms with van der Waals surface area (Å²) < 4.78 is 0. The average molecular weight is 126 g/mol. The van der Waals surface area contributed by atoms with E-state index in [4.69, 9.17) is 0 Å². The molecular weight excluding hydrogens is 116 g/mol. The Morgan fingerprint density at radius 1 is 1.33 bits per heavy atom. The van der Waals surface area contributed by atoms with Crippen LogP contribution in [-0.4, -0.2) is 6.17 Å². The van der Waals surface area contributed by atoms with E-state index >= 15 is 0 Å². The Kier molecular flexibility index (Phi) is 1.87. The highest BCUT2D eigenvalue weighted by molar-refractivity contribution is 4.67. The largest absolute Gasteiger partial charge is 0.187 e. The van der Waals surface area contributed by atoms with Crippen molar-refractivity contribution in [2.24, 2.45) is 26.6 Å². The normalized spacial score (nSPS) is 21.1. The van der Waals surface area contributed by atoms with Crippen LogP contribution in [0.1, 0.15) is 20.3 Å². The second-order valence-electron chi connectivity index (χ2n) is 2.21. The van der Waals surface area contributed by atoms with Crippen molar-refractivity contribution in [3.63, 3.8) is 0 Å². The van der Waals surface area contributed by atoms with Crippen molar-refractivity contribution in [2.75, 3.05) is 0 Å². The number of hydrogen-bond acceptors (Lipinski definition) is 4. The lowest BCUT2D eigenvalue weighted by molar-refractivity contribution is 0.453. The molecule has 0 aliphatic carbocycles. The number of rotatable bonds is 2. The third kappa shape index (κ3) is 1.31. The molecule has 0 aromatic rings. The SMILES string of the molecule is CCC(C)C1N=NN=N1. The van der Waals surface area contributed by atoms with E-state index in [2.05, 4.69) is 34.5 Å². The van der Waals surface area contributed by atoms with E-state index in [0.717, 1.165) is 6.42 Å². The Balaban J connectivity index is 2.43. The standard InChI is InChI=1S/C5H10N4/c1-3-4(2)5-6-8-9-7-5/h4-5H,3H2,1-2H3. The van der Waals surface area contributed by atoms with Crippen LogP contribution in [0.3, 0.4) is 0 Å². The maximum absolute atomic E-state index is 3.80. The van der Waals surface area contributed by atoms with E-state index in [1.54, 1.807) is 0 Å². The minimum absolute atomic E-state index is 0.00463. The minimum atomic E-state index is -0.00463. The summed E-state index contributed by atoms with van der Waals surface area (Å²) >= 11 is 0. The molecule has 1 rings (SSSR count). The van der Waals surface area contributed by atoms with Gasteiger partial charge in [-0.25, -0.2) is 0 Å². The van der Waals surface area contributed by atoms with E-state index in [0.29, 0.717) is 5.92 Å². The van der Waals surface area contributed by atoms with Gasteiger partial charge >= 0.3 is 0 Å². The van der Waals surface area contributed by atoms with Crippen LogP contribution >= 0.6 is 0 Å². The van der Waals surface area contributed by atoms with Crippen LogP contribution in [0.25, 0.3) is 0 Å². The molecule has 0 spiro atoms. The van der Waals surface area contributed by atoms with Crippen molar-refractivity contribution >= 4 is 0 Å². The van der Waals surface area contributed by atoms with Gasteiger partial charge in [0.15, 0.2) is 6.17 Å². The number of hydrogen-bond donors (Lipinski definition) is 0. The second-order valence-corrected chi connectivity index (χ2v) is 2.21. The molecule has 1 atom stereocenters. The predicted molar refractivity (Wildman–Crippen MR) is 33.0 cm³/mol. The molecule has 0 fully saturated rings. The minimum Gasteiger partial charge on any atom is -0.138 e. The van der Waals surface area contributed by atoms with E-state index in [-0.39, 0.29) is 6.17 Å².